The normalized spacial score (nSPS) is 40.6. The van der Waals surface area contributed by atoms with Crippen molar-refractivity contribution in [1.82, 2.24) is 9.80 Å². The Morgan fingerprint density at radius 1 is 1.03 bits per heavy atom. The van der Waals surface area contributed by atoms with Crippen LogP contribution in [0.15, 0.2) is 30.3 Å². The minimum Gasteiger partial charge on any atom is -0.342 e. The number of hydrogen-bond donors (Lipinski definition) is 1. The van der Waals surface area contributed by atoms with Crippen molar-refractivity contribution in [3.63, 3.8) is 0 Å². The highest BCUT2D eigenvalue weighted by molar-refractivity contribution is 5.84. The fourth-order valence-corrected chi connectivity index (χ4v) is 8.18. The van der Waals surface area contributed by atoms with Crippen molar-refractivity contribution >= 4 is 5.91 Å². The van der Waals surface area contributed by atoms with Gasteiger partial charge in [-0.2, -0.15) is 0 Å². The summed E-state index contributed by atoms with van der Waals surface area (Å²) in [6, 6.07) is 12.5. The zero-order chi connectivity index (χ0) is 22.1. The summed E-state index contributed by atoms with van der Waals surface area (Å²) in [5.74, 6) is 1.43. The molecule has 32 heavy (non-hydrogen) atoms. The second-order valence-corrected chi connectivity index (χ2v) is 12.8. The number of carbonyl (C=O) groups excluding carboxylic acids is 1. The minimum absolute atomic E-state index is 0.00359. The highest BCUT2D eigenvalue weighted by Crippen LogP contribution is 2.63. The topological polar surface area (TPSA) is 49.6 Å². The molecule has 3 aliphatic carbocycles. The van der Waals surface area contributed by atoms with Crippen molar-refractivity contribution < 1.29 is 4.79 Å². The lowest BCUT2D eigenvalue weighted by molar-refractivity contribution is -0.172. The van der Waals surface area contributed by atoms with Gasteiger partial charge >= 0.3 is 0 Å². The van der Waals surface area contributed by atoms with Crippen LogP contribution in [0.25, 0.3) is 0 Å². The molecule has 4 nitrogen and oxygen atoms in total. The molecule has 0 radical (unpaired) electrons. The molecule has 4 bridgehead atoms. The molecule has 1 aromatic carbocycles. The molecule has 1 amide bonds. The van der Waals surface area contributed by atoms with E-state index in [1.807, 2.05) is 0 Å². The number of nitrogens with two attached hydrogens (primary N) is 1. The van der Waals surface area contributed by atoms with Crippen molar-refractivity contribution in [2.24, 2.45) is 22.5 Å². The Labute approximate surface area is 193 Å². The maximum absolute atomic E-state index is 14.3. The van der Waals surface area contributed by atoms with E-state index in [-0.39, 0.29) is 22.3 Å². The number of amides is 1. The number of benzene rings is 1. The molecule has 3 heterocycles. The molecule has 3 saturated carbocycles. The van der Waals surface area contributed by atoms with E-state index in [0.29, 0.717) is 18.0 Å². The first-order chi connectivity index (χ1) is 15.3. The van der Waals surface area contributed by atoms with Crippen molar-refractivity contribution in [3.8, 4) is 0 Å². The van der Waals surface area contributed by atoms with Crippen molar-refractivity contribution in [3.05, 3.63) is 35.9 Å². The molecule has 2 unspecified atom stereocenters. The lowest BCUT2D eigenvalue weighted by atomic mass is 9.47. The molecule has 6 fully saturated rings. The predicted molar refractivity (Wildman–Crippen MR) is 128 cm³/mol. The lowest BCUT2D eigenvalue weighted by Crippen LogP contribution is -2.70. The number of nitrogens with zero attached hydrogens (tertiary/aromatic N) is 2. The third-order valence-electron chi connectivity index (χ3n) is 10.1. The minimum atomic E-state index is -0.171. The highest BCUT2D eigenvalue weighted by atomic mass is 16.2. The third-order valence-corrected chi connectivity index (χ3v) is 10.1. The van der Waals surface area contributed by atoms with E-state index in [9.17, 15) is 4.79 Å². The Kier molecular flexibility index (Phi) is 4.83. The zero-order valence-electron chi connectivity index (χ0n) is 20.1. The Balaban J connectivity index is 1.31. The molecule has 174 valence electrons. The van der Waals surface area contributed by atoms with Gasteiger partial charge in [0, 0.05) is 31.2 Å². The molecule has 3 atom stereocenters. The van der Waals surface area contributed by atoms with Crippen molar-refractivity contribution in [1.29, 1.82) is 0 Å². The van der Waals surface area contributed by atoms with E-state index in [2.05, 4.69) is 54.0 Å². The summed E-state index contributed by atoms with van der Waals surface area (Å²) in [5.41, 5.74) is 7.91. The standard InChI is InChI=1S/C28H41N3O/c1-26(2)19-30(12-11-24(26)29)25(32)28-16-22-14-27(18-28,21-6-4-3-5-7-21)15-23(17-28)31(22)13-10-20-8-9-20/h3-7,20,22-24H,8-19,29H2,1-2H3/t22?,23?,24-,27?,28?/m0/s1. The Morgan fingerprint density at radius 3 is 2.34 bits per heavy atom. The van der Waals surface area contributed by atoms with Crippen LogP contribution in [0.3, 0.4) is 0 Å². The average Bonchev–Trinajstić information content (AvgIpc) is 3.59. The fraction of sp³-hybridized carbons (Fsp3) is 0.750. The lowest BCUT2D eigenvalue weighted by Gasteiger charge is -2.66. The van der Waals surface area contributed by atoms with E-state index in [1.54, 1.807) is 0 Å². The molecule has 6 aliphatic rings. The van der Waals surface area contributed by atoms with E-state index >= 15 is 0 Å². The number of rotatable bonds is 5. The number of likely N-dealkylation sites (tertiary alicyclic amines) is 1. The van der Waals surface area contributed by atoms with Crippen LogP contribution in [0, 0.1) is 16.7 Å². The molecule has 1 aromatic rings. The summed E-state index contributed by atoms with van der Waals surface area (Å²) in [7, 11) is 0. The maximum atomic E-state index is 14.3. The van der Waals surface area contributed by atoms with Gasteiger partial charge in [-0.3, -0.25) is 9.69 Å². The molecule has 0 aromatic heterocycles. The van der Waals surface area contributed by atoms with E-state index in [1.165, 1.54) is 44.2 Å². The van der Waals surface area contributed by atoms with Gasteiger partial charge in [-0.25, -0.2) is 0 Å². The molecule has 0 spiro atoms. The molecule has 3 saturated heterocycles. The quantitative estimate of drug-likeness (QED) is 0.749. The Morgan fingerprint density at radius 2 is 1.72 bits per heavy atom. The third kappa shape index (κ3) is 3.36. The fourth-order valence-electron chi connectivity index (χ4n) is 8.18. The van der Waals surface area contributed by atoms with Gasteiger partial charge in [-0.1, -0.05) is 57.0 Å². The maximum Gasteiger partial charge on any atom is 0.228 e. The average molecular weight is 436 g/mol. The van der Waals surface area contributed by atoms with Gasteiger partial charge in [0.2, 0.25) is 5.91 Å². The van der Waals surface area contributed by atoms with E-state index < -0.39 is 0 Å². The van der Waals surface area contributed by atoms with Gasteiger partial charge < -0.3 is 10.6 Å². The Hall–Kier alpha value is -1.39. The van der Waals surface area contributed by atoms with Gasteiger partial charge in [-0.15, -0.1) is 0 Å². The monoisotopic (exact) mass is 435 g/mol. The van der Waals surface area contributed by atoms with Crippen LogP contribution in [-0.2, 0) is 10.2 Å². The van der Waals surface area contributed by atoms with Crippen LogP contribution < -0.4 is 5.73 Å². The van der Waals surface area contributed by atoms with Crippen LogP contribution >= 0.6 is 0 Å². The van der Waals surface area contributed by atoms with Crippen LogP contribution in [0.4, 0.5) is 0 Å². The number of carbonyl (C=O) groups is 1. The number of hydrogen-bond acceptors (Lipinski definition) is 3. The van der Waals surface area contributed by atoms with Gasteiger partial charge in [0.05, 0.1) is 5.41 Å². The molecular formula is C28H41N3O. The second-order valence-electron chi connectivity index (χ2n) is 12.8. The van der Waals surface area contributed by atoms with Gasteiger partial charge in [0.15, 0.2) is 0 Å². The van der Waals surface area contributed by atoms with Gasteiger partial charge in [0.25, 0.3) is 0 Å². The first-order valence-electron chi connectivity index (χ1n) is 13.2. The first kappa shape index (κ1) is 21.2. The van der Waals surface area contributed by atoms with Crippen molar-refractivity contribution in [2.45, 2.75) is 95.2 Å². The molecule has 3 aliphatic heterocycles. The van der Waals surface area contributed by atoms with Crippen LogP contribution in [-0.4, -0.2) is 53.5 Å². The summed E-state index contributed by atoms with van der Waals surface area (Å²) in [4.78, 5) is 19.3. The van der Waals surface area contributed by atoms with Gasteiger partial charge in [0.1, 0.15) is 0 Å². The second kappa shape index (κ2) is 7.30. The smallest absolute Gasteiger partial charge is 0.228 e. The molecule has 4 heteroatoms. The molecule has 2 N–H and O–H groups in total. The summed E-state index contributed by atoms with van der Waals surface area (Å²) < 4.78 is 0. The summed E-state index contributed by atoms with van der Waals surface area (Å²) in [6.45, 7) is 7.38. The molecular weight excluding hydrogens is 394 g/mol. The summed E-state index contributed by atoms with van der Waals surface area (Å²) in [6.07, 6.45) is 10.8. The van der Waals surface area contributed by atoms with Crippen molar-refractivity contribution in [2.75, 3.05) is 19.6 Å². The van der Waals surface area contributed by atoms with Crippen LogP contribution in [0.5, 0.6) is 0 Å². The predicted octanol–water partition coefficient (Wildman–Crippen LogP) is 4.33. The van der Waals surface area contributed by atoms with Gasteiger partial charge in [-0.05, 0) is 73.8 Å². The van der Waals surface area contributed by atoms with E-state index in [0.717, 1.165) is 44.7 Å². The van der Waals surface area contributed by atoms with E-state index in [4.69, 9.17) is 5.73 Å². The summed E-state index contributed by atoms with van der Waals surface area (Å²) in [5, 5.41) is 0. The van der Waals surface area contributed by atoms with Crippen LogP contribution in [0.1, 0.15) is 77.2 Å². The molecule has 7 rings (SSSR count). The van der Waals surface area contributed by atoms with Crippen LogP contribution in [0.2, 0.25) is 0 Å². The first-order valence-corrected chi connectivity index (χ1v) is 13.2. The zero-order valence-corrected chi connectivity index (χ0v) is 20.1. The Bertz CT molecular complexity index is 860. The highest BCUT2D eigenvalue weighted by Gasteiger charge is 2.64. The summed E-state index contributed by atoms with van der Waals surface area (Å²) >= 11 is 0. The number of piperidine rings is 3. The SMILES string of the molecule is CC1(C)CN(C(=O)C23CC4CC(c5ccccc5)(CC(C2)N4CCC2CC2)C3)CC[C@@H]1N. The largest absolute Gasteiger partial charge is 0.342 e.